The summed E-state index contributed by atoms with van der Waals surface area (Å²) in [5.74, 6) is -4.41. The van der Waals surface area contributed by atoms with Crippen molar-refractivity contribution in [1.29, 1.82) is 0 Å². The number of ketones is 2. The monoisotopic (exact) mass is 290 g/mol. The zero-order chi connectivity index (χ0) is 10.3. The molecule has 0 aromatic carbocycles. The minimum Gasteiger partial charge on any atom is -0.476 e. The van der Waals surface area contributed by atoms with E-state index in [1.54, 1.807) is 0 Å². The Hall–Kier alpha value is -0.798. The Labute approximate surface area is 94.1 Å². The summed E-state index contributed by atoms with van der Waals surface area (Å²) < 4.78 is 0. The topological polar surface area (TPSA) is 109 Å². The molecule has 0 unspecified atom stereocenters. The number of hydrogen-bond acceptors (Lipinski definition) is 4. The fourth-order valence-electron chi connectivity index (χ4n) is 0. The molecule has 0 fully saturated rings. The van der Waals surface area contributed by atoms with Gasteiger partial charge in [-0.1, -0.05) is 0 Å². The maximum atomic E-state index is 9.54. The quantitative estimate of drug-likeness (QED) is 0.514. The minimum absolute atomic E-state index is 0. The van der Waals surface area contributed by atoms with E-state index in [-0.39, 0.29) is 27.3 Å². The molecule has 7 heteroatoms. The molecule has 0 saturated carbocycles. The predicted molar refractivity (Wildman–Crippen MR) is 36.6 cm³/mol. The first-order valence-electron chi connectivity index (χ1n) is 2.76. The van der Waals surface area contributed by atoms with Crippen LogP contribution in [0.3, 0.4) is 0 Å². The maximum Gasteiger partial charge on any atom is 0.371 e. The first-order valence-corrected chi connectivity index (χ1v) is 2.76. The number of aliphatic carboxylic acids is 2. The second kappa shape index (κ2) is 9.29. The largest absolute Gasteiger partial charge is 0.476 e. The smallest absolute Gasteiger partial charge is 0.371 e. The third-order valence-corrected chi connectivity index (χ3v) is 0.602. The Balaban J connectivity index is -0.000000143. The van der Waals surface area contributed by atoms with Crippen molar-refractivity contribution in [3.63, 3.8) is 0 Å². The molecule has 13 heavy (non-hydrogen) atoms. The van der Waals surface area contributed by atoms with Crippen LogP contribution in [-0.2, 0) is 46.5 Å². The molecule has 0 aromatic rings. The summed E-state index contributed by atoms with van der Waals surface area (Å²) in [6.45, 7) is 2.00. The third kappa shape index (κ3) is 18.3. The minimum atomic E-state index is -1.38. The zero-order valence-electron chi connectivity index (χ0n) is 7.23. The van der Waals surface area contributed by atoms with Crippen molar-refractivity contribution < 1.29 is 56.7 Å². The van der Waals surface area contributed by atoms with Crippen molar-refractivity contribution in [3.05, 3.63) is 0 Å². The van der Waals surface area contributed by atoms with Crippen molar-refractivity contribution in [2.75, 3.05) is 0 Å². The molecule has 6 nitrogen and oxygen atoms in total. The molecule has 0 amide bonds. The summed E-state index contributed by atoms with van der Waals surface area (Å²) in [7, 11) is 0. The first-order chi connectivity index (χ1) is 5.29. The van der Waals surface area contributed by atoms with Crippen LogP contribution in [0, 0.1) is 0 Å². The molecule has 0 rings (SSSR count). The molecule has 0 aromatic heterocycles. The van der Waals surface area contributed by atoms with Gasteiger partial charge in [-0.3, -0.25) is 9.59 Å². The average molecular weight is 289 g/mol. The number of carbonyl (C=O) groups excluding carboxylic acids is 2. The van der Waals surface area contributed by atoms with E-state index in [2.05, 4.69) is 0 Å². The molecular weight excluding hydrogens is 280 g/mol. The summed E-state index contributed by atoms with van der Waals surface area (Å²) >= 11 is 0. The van der Waals surface area contributed by atoms with Gasteiger partial charge in [0, 0.05) is 41.1 Å². The van der Waals surface area contributed by atoms with Crippen LogP contribution in [0.15, 0.2) is 0 Å². The second-order valence-electron chi connectivity index (χ2n) is 1.72. The molecule has 0 aliphatic carbocycles. The molecule has 0 radical (unpaired) electrons. The van der Waals surface area contributed by atoms with Gasteiger partial charge in [-0.05, 0) is 0 Å². The number of carboxylic acid groups (broad SMARTS) is 2. The Morgan fingerprint density at radius 3 is 0.846 bits per heavy atom. The molecule has 0 bridgehead atoms. The Morgan fingerprint density at radius 1 is 0.769 bits per heavy atom. The van der Waals surface area contributed by atoms with Gasteiger partial charge in [0.1, 0.15) is 0 Å². The molecule has 2 N–H and O–H groups in total. The number of carboxylic acids is 2. The van der Waals surface area contributed by atoms with Crippen LogP contribution < -0.4 is 0 Å². The van der Waals surface area contributed by atoms with E-state index in [1.165, 1.54) is 0 Å². The van der Waals surface area contributed by atoms with Gasteiger partial charge in [0.05, 0.1) is 0 Å². The summed E-state index contributed by atoms with van der Waals surface area (Å²) in [5, 5.41) is 15.3. The van der Waals surface area contributed by atoms with Gasteiger partial charge in [-0.2, -0.15) is 0 Å². The van der Waals surface area contributed by atoms with Crippen LogP contribution in [0.1, 0.15) is 13.8 Å². The normalized spacial score (nSPS) is 6.92. The molecular formula is C6H8CdO6. The van der Waals surface area contributed by atoms with Crippen LogP contribution in [0.4, 0.5) is 0 Å². The third-order valence-electron chi connectivity index (χ3n) is 0.602. The summed E-state index contributed by atoms with van der Waals surface area (Å²) in [4.78, 5) is 37.8. The SMILES string of the molecule is CC(=O)C(=O)O.CC(=O)C(=O)O.[Cd]. The van der Waals surface area contributed by atoms with Gasteiger partial charge >= 0.3 is 11.9 Å². The van der Waals surface area contributed by atoms with Crippen LogP contribution in [0.25, 0.3) is 0 Å². The number of carbonyl (C=O) groups is 4. The van der Waals surface area contributed by atoms with Gasteiger partial charge in [0.2, 0.25) is 11.6 Å². The Kier molecular flexibility index (Phi) is 12.9. The van der Waals surface area contributed by atoms with Crippen LogP contribution in [0.2, 0.25) is 0 Å². The van der Waals surface area contributed by atoms with E-state index in [9.17, 15) is 19.2 Å². The fourth-order valence-corrected chi connectivity index (χ4v) is 0. The van der Waals surface area contributed by atoms with Gasteiger partial charge in [0.25, 0.3) is 0 Å². The van der Waals surface area contributed by atoms with Crippen molar-refractivity contribution in [2.24, 2.45) is 0 Å². The van der Waals surface area contributed by atoms with Crippen molar-refractivity contribution in [3.8, 4) is 0 Å². The molecule has 70 valence electrons. The summed E-state index contributed by atoms with van der Waals surface area (Å²) in [5.41, 5.74) is 0. The molecule has 0 heterocycles. The molecule has 0 aliphatic heterocycles. The Bertz CT molecular complexity index is 173. The standard InChI is InChI=1S/2C3H4O3.Cd/c2*1-2(4)3(5)6;/h2*1H3,(H,5,6);. The fraction of sp³-hybridized carbons (Fsp3) is 0.333. The number of rotatable bonds is 2. The van der Waals surface area contributed by atoms with Gasteiger partial charge in [-0.25, -0.2) is 9.59 Å². The molecule has 0 saturated heterocycles. The van der Waals surface area contributed by atoms with E-state index in [0.717, 1.165) is 13.8 Å². The zero-order valence-corrected chi connectivity index (χ0v) is 11.3. The van der Waals surface area contributed by atoms with Crippen molar-refractivity contribution >= 4 is 23.5 Å². The van der Waals surface area contributed by atoms with Gasteiger partial charge in [-0.15, -0.1) is 0 Å². The first kappa shape index (κ1) is 18.1. The van der Waals surface area contributed by atoms with E-state index in [0.29, 0.717) is 0 Å². The van der Waals surface area contributed by atoms with E-state index < -0.39 is 23.5 Å². The summed E-state index contributed by atoms with van der Waals surface area (Å²) in [6, 6.07) is 0. The number of hydrogen-bond donors (Lipinski definition) is 2. The van der Waals surface area contributed by atoms with Crippen molar-refractivity contribution in [2.45, 2.75) is 13.8 Å². The van der Waals surface area contributed by atoms with Crippen molar-refractivity contribution in [1.82, 2.24) is 0 Å². The van der Waals surface area contributed by atoms with E-state index in [1.807, 2.05) is 0 Å². The molecule has 0 spiro atoms. The van der Waals surface area contributed by atoms with Gasteiger partial charge in [0.15, 0.2) is 0 Å². The molecule has 0 aliphatic rings. The number of Topliss-reactive ketones (excluding diaryl/α,β-unsaturated/α-hetero) is 2. The Morgan fingerprint density at radius 2 is 0.846 bits per heavy atom. The van der Waals surface area contributed by atoms with E-state index in [4.69, 9.17) is 10.2 Å². The summed E-state index contributed by atoms with van der Waals surface area (Å²) in [6.07, 6.45) is 0. The maximum absolute atomic E-state index is 9.54. The average Bonchev–Trinajstić information content (AvgIpc) is 1.88. The van der Waals surface area contributed by atoms with Crippen LogP contribution in [-0.4, -0.2) is 33.7 Å². The molecule has 0 atom stereocenters. The van der Waals surface area contributed by atoms with Crippen LogP contribution in [0.5, 0.6) is 0 Å². The second-order valence-corrected chi connectivity index (χ2v) is 1.72. The van der Waals surface area contributed by atoms with E-state index >= 15 is 0 Å². The van der Waals surface area contributed by atoms with Gasteiger partial charge < -0.3 is 10.2 Å². The van der Waals surface area contributed by atoms with Crippen LogP contribution >= 0.6 is 0 Å². The predicted octanol–water partition coefficient (Wildman–Crippen LogP) is -0.683.